The smallest absolute Gasteiger partial charge is 0.0654 e. The molecule has 1 aromatic heterocycles. The fourth-order valence-corrected chi connectivity index (χ4v) is 2.14. The van der Waals surface area contributed by atoms with Crippen molar-refractivity contribution in [1.82, 2.24) is 9.78 Å². The Labute approximate surface area is 102 Å². The summed E-state index contributed by atoms with van der Waals surface area (Å²) >= 11 is 0. The van der Waals surface area contributed by atoms with Crippen LogP contribution in [0.3, 0.4) is 0 Å². The second-order valence-corrected chi connectivity index (χ2v) is 4.57. The first-order chi connectivity index (χ1) is 8.10. The summed E-state index contributed by atoms with van der Waals surface area (Å²) in [4.78, 5) is 0. The van der Waals surface area contributed by atoms with Crippen LogP contribution in [0.25, 0.3) is 5.69 Å². The van der Waals surface area contributed by atoms with E-state index in [1.54, 1.807) is 0 Å². The van der Waals surface area contributed by atoms with E-state index in [0.717, 1.165) is 23.5 Å². The maximum Gasteiger partial charge on any atom is 0.0654 e. The lowest BCUT2D eigenvalue weighted by molar-refractivity contribution is 0.803. The topological polar surface area (TPSA) is 43.8 Å². The van der Waals surface area contributed by atoms with E-state index in [9.17, 15) is 0 Å². The van der Waals surface area contributed by atoms with Crippen LogP contribution in [0.2, 0.25) is 0 Å². The van der Waals surface area contributed by atoms with Crippen molar-refractivity contribution in [3.05, 3.63) is 46.8 Å². The predicted molar refractivity (Wildman–Crippen MR) is 70.5 cm³/mol. The summed E-state index contributed by atoms with van der Waals surface area (Å²) in [6, 6.07) is 8.58. The lowest BCUT2D eigenvalue weighted by Crippen LogP contribution is -2.04. The summed E-state index contributed by atoms with van der Waals surface area (Å²) in [6.45, 7) is 6.93. The van der Waals surface area contributed by atoms with Crippen LogP contribution in [0.5, 0.6) is 0 Å². The molecule has 0 radical (unpaired) electrons. The number of benzene rings is 1. The van der Waals surface area contributed by atoms with Gasteiger partial charge >= 0.3 is 0 Å². The molecule has 2 N–H and O–H groups in total. The van der Waals surface area contributed by atoms with Crippen LogP contribution in [0.1, 0.15) is 22.5 Å². The third kappa shape index (κ3) is 2.56. The van der Waals surface area contributed by atoms with Gasteiger partial charge in [-0.1, -0.05) is 6.07 Å². The molecule has 1 aromatic carbocycles. The molecule has 90 valence electrons. The van der Waals surface area contributed by atoms with Crippen molar-refractivity contribution in [2.24, 2.45) is 5.73 Å². The minimum absolute atomic E-state index is 0.642. The largest absolute Gasteiger partial charge is 0.330 e. The van der Waals surface area contributed by atoms with Crippen LogP contribution in [0.4, 0.5) is 0 Å². The highest BCUT2D eigenvalue weighted by atomic mass is 15.3. The first-order valence-corrected chi connectivity index (χ1v) is 5.94. The van der Waals surface area contributed by atoms with Crippen LogP contribution < -0.4 is 5.73 Å². The van der Waals surface area contributed by atoms with E-state index < -0.39 is 0 Å². The molecule has 0 aliphatic carbocycles. The van der Waals surface area contributed by atoms with E-state index >= 15 is 0 Å². The standard InChI is InChI=1S/C14H19N3/c1-10-6-11(2)8-14(7-10)17-12(3)9-13(16-17)4-5-15/h6-9H,4-5,15H2,1-3H3. The normalized spacial score (nSPS) is 10.8. The molecule has 0 fully saturated rings. The van der Waals surface area contributed by atoms with Gasteiger partial charge in [-0.15, -0.1) is 0 Å². The van der Waals surface area contributed by atoms with Crippen LogP contribution in [-0.2, 0) is 6.42 Å². The molecule has 0 saturated heterocycles. The minimum Gasteiger partial charge on any atom is -0.330 e. The molecule has 0 spiro atoms. The fraction of sp³-hybridized carbons (Fsp3) is 0.357. The van der Waals surface area contributed by atoms with Crippen LogP contribution >= 0.6 is 0 Å². The van der Waals surface area contributed by atoms with E-state index in [-0.39, 0.29) is 0 Å². The van der Waals surface area contributed by atoms with Crippen LogP contribution in [0.15, 0.2) is 24.3 Å². The first-order valence-electron chi connectivity index (χ1n) is 5.94. The number of nitrogens with two attached hydrogens (primary N) is 1. The maximum absolute atomic E-state index is 5.56. The number of rotatable bonds is 3. The summed E-state index contributed by atoms with van der Waals surface area (Å²) in [5.41, 5.74) is 11.4. The quantitative estimate of drug-likeness (QED) is 0.877. The van der Waals surface area contributed by atoms with Gasteiger partial charge in [0, 0.05) is 12.1 Å². The van der Waals surface area contributed by atoms with E-state index in [1.807, 2.05) is 4.68 Å². The van der Waals surface area contributed by atoms with Gasteiger partial charge in [-0.3, -0.25) is 0 Å². The molecule has 0 saturated carbocycles. The van der Waals surface area contributed by atoms with Gasteiger partial charge in [0.05, 0.1) is 11.4 Å². The molecule has 2 aromatic rings. The number of hydrogen-bond donors (Lipinski definition) is 1. The zero-order valence-corrected chi connectivity index (χ0v) is 10.7. The molecule has 0 amide bonds. The van der Waals surface area contributed by atoms with Gasteiger partial charge in [-0.05, 0) is 56.6 Å². The summed E-state index contributed by atoms with van der Waals surface area (Å²) in [5, 5.41) is 4.59. The summed E-state index contributed by atoms with van der Waals surface area (Å²) in [5.74, 6) is 0. The summed E-state index contributed by atoms with van der Waals surface area (Å²) in [7, 11) is 0. The Balaban J connectivity index is 2.44. The van der Waals surface area contributed by atoms with E-state index in [0.29, 0.717) is 6.54 Å². The van der Waals surface area contributed by atoms with Crippen molar-refractivity contribution >= 4 is 0 Å². The molecule has 1 heterocycles. The van der Waals surface area contributed by atoms with Gasteiger partial charge in [0.1, 0.15) is 0 Å². The second-order valence-electron chi connectivity index (χ2n) is 4.57. The third-order valence-electron chi connectivity index (χ3n) is 2.79. The number of aryl methyl sites for hydroxylation is 3. The van der Waals surface area contributed by atoms with Crippen LogP contribution in [-0.4, -0.2) is 16.3 Å². The van der Waals surface area contributed by atoms with Gasteiger partial charge in [-0.2, -0.15) is 5.10 Å². The zero-order valence-electron chi connectivity index (χ0n) is 10.7. The average molecular weight is 229 g/mol. The number of aromatic nitrogens is 2. The molecular formula is C14H19N3. The molecule has 2 rings (SSSR count). The first kappa shape index (κ1) is 11.9. The third-order valence-corrected chi connectivity index (χ3v) is 2.79. The molecule has 0 unspecified atom stereocenters. The minimum atomic E-state index is 0.642. The second kappa shape index (κ2) is 4.72. The van der Waals surface area contributed by atoms with E-state index in [1.165, 1.54) is 11.1 Å². The molecule has 0 aliphatic rings. The Hall–Kier alpha value is -1.61. The number of nitrogens with zero attached hydrogens (tertiary/aromatic N) is 2. The Morgan fingerprint density at radius 3 is 2.29 bits per heavy atom. The highest BCUT2D eigenvalue weighted by Crippen LogP contribution is 2.16. The Kier molecular flexibility index (Phi) is 3.29. The molecule has 0 bridgehead atoms. The highest BCUT2D eigenvalue weighted by molar-refractivity contribution is 5.40. The molecule has 0 aliphatic heterocycles. The van der Waals surface area contributed by atoms with Crippen LogP contribution in [0, 0.1) is 20.8 Å². The lowest BCUT2D eigenvalue weighted by Gasteiger charge is -2.07. The fourth-order valence-electron chi connectivity index (χ4n) is 2.14. The molecule has 3 heteroatoms. The number of hydrogen-bond acceptors (Lipinski definition) is 2. The van der Waals surface area contributed by atoms with Crippen molar-refractivity contribution < 1.29 is 0 Å². The van der Waals surface area contributed by atoms with Gasteiger partial charge in [0.2, 0.25) is 0 Å². The SMILES string of the molecule is Cc1cc(C)cc(-n2nc(CCN)cc2C)c1. The van der Waals surface area contributed by atoms with Crippen molar-refractivity contribution in [1.29, 1.82) is 0 Å². The lowest BCUT2D eigenvalue weighted by atomic mass is 10.1. The van der Waals surface area contributed by atoms with Crippen molar-refractivity contribution in [3.8, 4) is 5.69 Å². The predicted octanol–water partition coefficient (Wildman–Crippen LogP) is 2.30. The maximum atomic E-state index is 5.56. The van der Waals surface area contributed by atoms with Gasteiger partial charge < -0.3 is 5.73 Å². The summed E-state index contributed by atoms with van der Waals surface area (Å²) < 4.78 is 1.99. The zero-order chi connectivity index (χ0) is 12.4. The molecular weight excluding hydrogens is 210 g/mol. The molecule has 17 heavy (non-hydrogen) atoms. The van der Waals surface area contributed by atoms with Gasteiger partial charge in [0.15, 0.2) is 0 Å². The monoisotopic (exact) mass is 229 g/mol. The van der Waals surface area contributed by atoms with Gasteiger partial charge in [-0.25, -0.2) is 4.68 Å². The van der Waals surface area contributed by atoms with E-state index in [2.05, 4.69) is 50.1 Å². The average Bonchev–Trinajstić information content (AvgIpc) is 2.58. The van der Waals surface area contributed by atoms with E-state index in [4.69, 9.17) is 5.73 Å². The Morgan fingerprint density at radius 2 is 1.71 bits per heavy atom. The molecule has 3 nitrogen and oxygen atoms in total. The van der Waals surface area contributed by atoms with Gasteiger partial charge in [0.25, 0.3) is 0 Å². The Morgan fingerprint density at radius 1 is 1.06 bits per heavy atom. The summed E-state index contributed by atoms with van der Waals surface area (Å²) in [6.07, 6.45) is 0.832. The Bertz CT molecular complexity index is 506. The van der Waals surface area contributed by atoms with Crippen molar-refractivity contribution in [3.63, 3.8) is 0 Å². The van der Waals surface area contributed by atoms with Crippen molar-refractivity contribution in [2.45, 2.75) is 27.2 Å². The highest BCUT2D eigenvalue weighted by Gasteiger charge is 2.06. The molecule has 0 atom stereocenters. The van der Waals surface area contributed by atoms with Crippen molar-refractivity contribution in [2.75, 3.05) is 6.54 Å².